The van der Waals surface area contributed by atoms with Crippen molar-refractivity contribution in [3.05, 3.63) is 48.6 Å². The van der Waals surface area contributed by atoms with Crippen LogP contribution in [0.1, 0.15) is 348 Å². The molecule has 85 heavy (non-hydrogen) atoms. The summed E-state index contributed by atoms with van der Waals surface area (Å²) in [7, 11) is 0. The number of amides is 1. The van der Waals surface area contributed by atoms with Gasteiger partial charge in [-0.2, -0.15) is 0 Å². The molecular weight excluding hydrogens is 1060 g/mol. The molecule has 1 saturated heterocycles. The summed E-state index contributed by atoms with van der Waals surface area (Å²) in [5.74, 6) is -0.189. The second-order valence-electron chi connectivity index (χ2n) is 25.3. The molecule has 1 aliphatic rings. The van der Waals surface area contributed by atoms with Gasteiger partial charge in [0.2, 0.25) is 5.91 Å². The van der Waals surface area contributed by atoms with Crippen LogP contribution in [0, 0.1) is 0 Å². The molecular formula is C74H137NO10. The van der Waals surface area contributed by atoms with Gasteiger partial charge in [0.05, 0.1) is 32.0 Å². The number of carbonyl (C=O) groups excluding carboxylic acids is 2. The van der Waals surface area contributed by atoms with E-state index in [1.807, 2.05) is 6.08 Å². The fourth-order valence-corrected chi connectivity index (χ4v) is 11.4. The minimum Gasteiger partial charge on any atom is -0.466 e. The summed E-state index contributed by atoms with van der Waals surface area (Å²) in [6, 6.07) is -0.809. The van der Waals surface area contributed by atoms with Crippen molar-refractivity contribution in [2.24, 2.45) is 0 Å². The van der Waals surface area contributed by atoms with Crippen LogP contribution in [0.3, 0.4) is 0 Å². The van der Waals surface area contributed by atoms with Gasteiger partial charge < -0.3 is 45.1 Å². The molecule has 1 rings (SSSR count). The zero-order valence-corrected chi connectivity index (χ0v) is 55.3. The molecule has 0 spiro atoms. The molecule has 1 heterocycles. The standard InChI is InChI=1S/C74H137NO10/c1-3-5-7-9-11-13-15-17-33-38-42-46-50-54-58-62-70(79)83-63-59-55-51-47-43-39-35-32-30-28-26-24-22-20-18-19-21-23-25-27-29-31-34-37-41-45-49-53-57-61-69(78)75-66(65-84-74-73(82)72(81)71(80)68(64-76)85-74)67(77)60-56-52-48-44-40-36-16-14-12-10-8-6-4-2/h11,13,17,30,32-33,56,60,66-68,71-74,76-77,80-82H,3-10,12,14-16,18-29,31,34-55,57-59,61-65H2,1-2H3,(H,75,78)/b13-11-,32-30-,33-17-,60-56+/t66-,67+,68+,71+,72-,73+,74+/m0/s1. The molecule has 498 valence electrons. The second kappa shape index (κ2) is 63.2. The summed E-state index contributed by atoms with van der Waals surface area (Å²) in [4.78, 5) is 25.2. The molecule has 0 aromatic carbocycles. The maximum absolute atomic E-state index is 13.1. The van der Waals surface area contributed by atoms with E-state index in [-0.39, 0.29) is 18.5 Å². The molecule has 1 aliphatic heterocycles. The van der Waals surface area contributed by atoms with Crippen molar-refractivity contribution in [2.45, 2.75) is 391 Å². The normalized spacial score (nSPS) is 18.2. The Kier molecular flexibility index (Phi) is 60.0. The molecule has 11 heteroatoms. The first kappa shape index (κ1) is 80.6. The number of allylic oxidation sites excluding steroid dienone is 7. The quantitative estimate of drug-likeness (QED) is 0.0195. The lowest BCUT2D eigenvalue weighted by Gasteiger charge is -2.40. The van der Waals surface area contributed by atoms with Crippen molar-refractivity contribution >= 4 is 11.9 Å². The Morgan fingerprint density at radius 1 is 0.435 bits per heavy atom. The average Bonchev–Trinajstić information content (AvgIpc) is 3.69. The topological polar surface area (TPSA) is 175 Å². The first-order valence-electron chi connectivity index (χ1n) is 36.4. The van der Waals surface area contributed by atoms with E-state index in [1.165, 1.54) is 250 Å². The molecule has 0 radical (unpaired) electrons. The SMILES string of the molecule is CCCCC/C=C\C/C=C\CCCCCCCC(=O)OCCCCCCCC/C=C\CCCCCCCCCCCCCCCCCCCCCC(=O)N[C@@H](CO[C@@H]1O[C@H](CO)[C@@H](O)[C@H](O)[C@H]1O)[C@H](O)/C=C/CCCCCCCCCCCCC. The maximum atomic E-state index is 13.1. The van der Waals surface area contributed by atoms with Crippen LogP contribution in [0.4, 0.5) is 0 Å². The molecule has 6 N–H and O–H groups in total. The van der Waals surface area contributed by atoms with Crippen molar-refractivity contribution in [3.8, 4) is 0 Å². The lowest BCUT2D eigenvalue weighted by Crippen LogP contribution is -2.60. The van der Waals surface area contributed by atoms with Gasteiger partial charge in [0.1, 0.15) is 24.4 Å². The van der Waals surface area contributed by atoms with E-state index in [0.29, 0.717) is 19.4 Å². The monoisotopic (exact) mass is 1200 g/mol. The highest BCUT2D eigenvalue weighted by atomic mass is 16.7. The number of aliphatic hydroxyl groups excluding tert-OH is 5. The zero-order chi connectivity index (χ0) is 61.6. The summed E-state index contributed by atoms with van der Waals surface area (Å²) >= 11 is 0. The van der Waals surface area contributed by atoms with Crippen molar-refractivity contribution in [3.63, 3.8) is 0 Å². The third-order valence-corrected chi connectivity index (χ3v) is 17.2. The van der Waals surface area contributed by atoms with Crippen molar-refractivity contribution < 1.29 is 49.3 Å². The molecule has 1 amide bonds. The third-order valence-electron chi connectivity index (χ3n) is 17.2. The third kappa shape index (κ3) is 52.1. The minimum absolute atomic E-state index is 0.0105. The number of rotatable bonds is 64. The lowest BCUT2D eigenvalue weighted by molar-refractivity contribution is -0.302. The highest BCUT2D eigenvalue weighted by molar-refractivity contribution is 5.76. The molecule has 0 unspecified atom stereocenters. The number of ether oxygens (including phenoxy) is 3. The fourth-order valence-electron chi connectivity index (χ4n) is 11.4. The van der Waals surface area contributed by atoms with Crippen LogP contribution in [0.15, 0.2) is 48.6 Å². The minimum atomic E-state index is -1.57. The van der Waals surface area contributed by atoms with Gasteiger partial charge in [0, 0.05) is 12.8 Å². The number of nitrogens with one attached hydrogen (secondary N) is 1. The first-order chi connectivity index (χ1) is 41.7. The van der Waals surface area contributed by atoms with Crippen molar-refractivity contribution in [1.82, 2.24) is 5.32 Å². The predicted molar refractivity (Wildman–Crippen MR) is 357 cm³/mol. The van der Waals surface area contributed by atoms with E-state index in [4.69, 9.17) is 14.2 Å². The van der Waals surface area contributed by atoms with Gasteiger partial charge in [-0.3, -0.25) is 9.59 Å². The second-order valence-corrected chi connectivity index (χ2v) is 25.3. The molecule has 0 aliphatic carbocycles. The number of esters is 1. The van der Waals surface area contributed by atoms with Gasteiger partial charge in [0.15, 0.2) is 6.29 Å². The maximum Gasteiger partial charge on any atom is 0.305 e. The van der Waals surface area contributed by atoms with E-state index < -0.39 is 49.5 Å². The van der Waals surface area contributed by atoms with E-state index in [1.54, 1.807) is 6.08 Å². The summed E-state index contributed by atoms with van der Waals surface area (Å²) in [5.41, 5.74) is 0. The van der Waals surface area contributed by atoms with E-state index >= 15 is 0 Å². The van der Waals surface area contributed by atoms with Gasteiger partial charge in [-0.05, 0) is 89.9 Å². The Morgan fingerprint density at radius 2 is 0.788 bits per heavy atom. The van der Waals surface area contributed by atoms with Crippen LogP contribution >= 0.6 is 0 Å². The van der Waals surface area contributed by atoms with Gasteiger partial charge >= 0.3 is 5.97 Å². The molecule has 0 saturated carbocycles. The number of hydrogen-bond donors (Lipinski definition) is 6. The van der Waals surface area contributed by atoms with Crippen LogP contribution in [-0.4, -0.2) is 100 Å². The van der Waals surface area contributed by atoms with Gasteiger partial charge in [0.25, 0.3) is 0 Å². The van der Waals surface area contributed by atoms with E-state index in [2.05, 4.69) is 55.6 Å². The van der Waals surface area contributed by atoms with Crippen LogP contribution in [0.2, 0.25) is 0 Å². The average molecular weight is 1200 g/mol. The smallest absolute Gasteiger partial charge is 0.305 e. The number of carbonyl (C=O) groups is 2. The molecule has 0 aromatic heterocycles. The first-order valence-corrected chi connectivity index (χ1v) is 36.4. The molecule has 1 fully saturated rings. The largest absolute Gasteiger partial charge is 0.466 e. The molecule has 0 aromatic rings. The van der Waals surface area contributed by atoms with E-state index in [0.717, 1.165) is 70.6 Å². The predicted octanol–water partition coefficient (Wildman–Crippen LogP) is 18.7. The summed E-state index contributed by atoms with van der Waals surface area (Å²) in [5, 5.41) is 54.5. The number of hydrogen-bond acceptors (Lipinski definition) is 10. The Balaban J connectivity index is 1.96. The number of aliphatic hydroxyl groups is 5. The van der Waals surface area contributed by atoms with Crippen molar-refractivity contribution in [2.75, 3.05) is 19.8 Å². The zero-order valence-electron chi connectivity index (χ0n) is 55.3. The number of unbranched alkanes of at least 4 members (excludes halogenated alkanes) is 44. The Bertz CT molecular complexity index is 1550. The van der Waals surface area contributed by atoms with Gasteiger partial charge in [-0.1, -0.05) is 294 Å². The van der Waals surface area contributed by atoms with Crippen LogP contribution in [0.25, 0.3) is 0 Å². The highest BCUT2D eigenvalue weighted by Crippen LogP contribution is 2.23. The van der Waals surface area contributed by atoms with Crippen LogP contribution < -0.4 is 5.32 Å². The summed E-state index contributed by atoms with van der Waals surface area (Å²) in [6.45, 7) is 4.33. The Labute approximate surface area is 523 Å². The van der Waals surface area contributed by atoms with Gasteiger partial charge in [-0.25, -0.2) is 0 Å². The Hall–Kier alpha value is -2.38. The lowest BCUT2D eigenvalue weighted by atomic mass is 9.99. The van der Waals surface area contributed by atoms with Crippen LogP contribution in [0.5, 0.6) is 0 Å². The Morgan fingerprint density at radius 3 is 1.22 bits per heavy atom. The summed E-state index contributed by atoms with van der Waals surface area (Å²) in [6.07, 6.45) is 72.4. The van der Waals surface area contributed by atoms with Crippen LogP contribution in [-0.2, 0) is 23.8 Å². The van der Waals surface area contributed by atoms with Crippen molar-refractivity contribution in [1.29, 1.82) is 0 Å². The van der Waals surface area contributed by atoms with Gasteiger partial charge in [-0.15, -0.1) is 0 Å². The summed E-state index contributed by atoms with van der Waals surface area (Å²) < 4.78 is 16.8. The highest BCUT2D eigenvalue weighted by Gasteiger charge is 2.44. The molecule has 0 bridgehead atoms. The molecule has 7 atom stereocenters. The molecule has 11 nitrogen and oxygen atoms in total. The van der Waals surface area contributed by atoms with E-state index in [9.17, 15) is 35.1 Å². The fraction of sp³-hybridized carbons (Fsp3) is 0.865.